The second-order valence-electron chi connectivity index (χ2n) is 4.31. The van der Waals surface area contributed by atoms with Crippen molar-refractivity contribution in [3.8, 4) is 0 Å². The third-order valence-electron chi connectivity index (χ3n) is 1.85. The van der Waals surface area contributed by atoms with E-state index in [1.165, 1.54) is 6.42 Å². The van der Waals surface area contributed by atoms with Crippen LogP contribution in [0.25, 0.3) is 0 Å². The van der Waals surface area contributed by atoms with Gasteiger partial charge in [0.15, 0.2) is 0 Å². The van der Waals surface area contributed by atoms with Gasteiger partial charge in [0.2, 0.25) is 0 Å². The molecule has 0 amide bonds. The monoisotopic (exact) mass is 187 g/mol. The third-order valence-corrected chi connectivity index (χ3v) is 1.85. The molecule has 80 valence electrons. The van der Waals surface area contributed by atoms with Crippen LogP contribution in [0.2, 0.25) is 0 Å². The van der Waals surface area contributed by atoms with Crippen LogP contribution in [0.5, 0.6) is 0 Å². The van der Waals surface area contributed by atoms with Gasteiger partial charge in [0.05, 0.1) is 6.61 Å². The summed E-state index contributed by atoms with van der Waals surface area (Å²) in [6, 6.07) is 1.06. The smallest absolute Gasteiger partial charge is 0.0619 e. The molecule has 1 N–H and O–H groups in total. The van der Waals surface area contributed by atoms with Gasteiger partial charge >= 0.3 is 0 Å². The van der Waals surface area contributed by atoms with E-state index >= 15 is 0 Å². The quantitative estimate of drug-likeness (QED) is 0.661. The lowest BCUT2D eigenvalue weighted by Crippen LogP contribution is -2.39. The number of ether oxygens (including phenoxy) is 1. The summed E-state index contributed by atoms with van der Waals surface area (Å²) in [6.45, 7) is 12.6. The Balaban J connectivity index is 3.73. The minimum atomic E-state index is 0.514. The molecule has 0 spiro atoms. The Morgan fingerprint density at radius 2 is 1.77 bits per heavy atom. The summed E-state index contributed by atoms with van der Waals surface area (Å²) in [4.78, 5) is 0. The first kappa shape index (κ1) is 12.9. The Kier molecular flexibility index (Phi) is 7.29. The van der Waals surface area contributed by atoms with Crippen molar-refractivity contribution in [2.24, 2.45) is 5.92 Å². The highest BCUT2D eigenvalue weighted by atomic mass is 16.5. The average Bonchev–Trinajstić information content (AvgIpc) is 1.98. The van der Waals surface area contributed by atoms with Crippen molar-refractivity contribution in [1.82, 2.24) is 5.32 Å². The van der Waals surface area contributed by atoms with Crippen molar-refractivity contribution >= 4 is 0 Å². The fourth-order valence-corrected chi connectivity index (χ4v) is 1.48. The minimum Gasteiger partial charge on any atom is -0.380 e. The molecular weight excluding hydrogens is 162 g/mol. The van der Waals surface area contributed by atoms with Gasteiger partial charge in [0.25, 0.3) is 0 Å². The molecule has 1 atom stereocenters. The standard InChI is InChI=1S/C11H25NO/c1-6-13-8-11(7-9(2)3)12-10(4)5/h9-12H,6-8H2,1-5H3/t11-/m1/s1. The van der Waals surface area contributed by atoms with Crippen LogP contribution in [0.15, 0.2) is 0 Å². The summed E-state index contributed by atoms with van der Waals surface area (Å²) in [6.07, 6.45) is 1.19. The number of nitrogens with one attached hydrogen (secondary N) is 1. The van der Waals surface area contributed by atoms with E-state index in [1.54, 1.807) is 0 Å². The molecule has 0 aromatic heterocycles. The van der Waals surface area contributed by atoms with E-state index in [-0.39, 0.29) is 0 Å². The Morgan fingerprint density at radius 1 is 1.15 bits per heavy atom. The Bertz CT molecular complexity index is 103. The molecule has 0 aromatic carbocycles. The Morgan fingerprint density at radius 3 is 2.15 bits per heavy atom. The predicted molar refractivity (Wildman–Crippen MR) is 58.0 cm³/mol. The second kappa shape index (κ2) is 7.34. The van der Waals surface area contributed by atoms with Gasteiger partial charge < -0.3 is 10.1 Å². The molecule has 0 aromatic rings. The van der Waals surface area contributed by atoms with E-state index < -0.39 is 0 Å². The Hall–Kier alpha value is -0.0800. The van der Waals surface area contributed by atoms with Crippen molar-refractivity contribution in [2.75, 3.05) is 13.2 Å². The summed E-state index contributed by atoms with van der Waals surface area (Å²) in [5, 5.41) is 3.52. The van der Waals surface area contributed by atoms with Gasteiger partial charge in [-0.1, -0.05) is 27.7 Å². The molecular formula is C11H25NO. The van der Waals surface area contributed by atoms with Gasteiger partial charge in [-0.15, -0.1) is 0 Å². The molecule has 13 heavy (non-hydrogen) atoms. The maximum absolute atomic E-state index is 5.43. The van der Waals surface area contributed by atoms with Crippen molar-refractivity contribution in [2.45, 2.75) is 53.1 Å². The van der Waals surface area contributed by atoms with E-state index in [2.05, 4.69) is 33.0 Å². The van der Waals surface area contributed by atoms with Gasteiger partial charge in [-0.25, -0.2) is 0 Å². The number of hydrogen-bond acceptors (Lipinski definition) is 2. The number of hydrogen-bond donors (Lipinski definition) is 1. The lowest BCUT2D eigenvalue weighted by molar-refractivity contribution is 0.113. The van der Waals surface area contributed by atoms with Crippen LogP contribution in [0.1, 0.15) is 41.0 Å². The highest BCUT2D eigenvalue weighted by Gasteiger charge is 2.11. The van der Waals surface area contributed by atoms with Crippen LogP contribution in [0.4, 0.5) is 0 Å². The molecule has 0 aliphatic carbocycles. The molecule has 0 heterocycles. The SMILES string of the molecule is CCOC[C@@H](CC(C)C)NC(C)C. The molecule has 0 unspecified atom stereocenters. The van der Waals surface area contributed by atoms with E-state index in [4.69, 9.17) is 4.74 Å². The number of rotatable bonds is 7. The van der Waals surface area contributed by atoms with Crippen LogP contribution in [0.3, 0.4) is 0 Å². The van der Waals surface area contributed by atoms with Gasteiger partial charge in [-0.05, 0) is 19.3 Å². The van der Waals surface area contributed by atoms with E-state index in [0.717, 1.165) is 19.1 Å². The molecule has 0 saturated carbocycles. The largest absolute Gasteiger partial charge is 0.380 e. The van der Waals surface area contributed by atoms with Gasteiger partial charge in [0.1, 0.15) is 0 Å². The highest BCUT2D eigenvalue weighted by Crippen LogP contribution is 2.05. The zero-order valence-corrected chi connectivity index (χ0v) is 9.76. The fraction of sp³-hybridized carbons (Fsp3) is 1.00. The second-order valence-corrected chi connectivity index (χ2v) is 4.31. The van der Waals surface area contributed by atoms with Crippen LogP contribution in [-0.2, 0) is 4.74 Å². The van der Waals surface area contributed by atoms with Crippen molar-refractivity contribution < 1.29 is 4.74 Å². The van der Waals surface area contributed by atoms with Crippen molar-refractivity contribution in [3.05, 3.63) is 0 Å². The molecule has 0 fully saturated rings. The topological polar surface area (TPSA) is 21.3 Å². The third kappa shape index (κ3) is 8.26. The van der Waals surface area contributed by atoms with E-state index in [0.29, 0.717) is 12.1 Å². The first-order chi connectivity index (χ1) is 6.06. The van der Waals surface area contributed by atoms with Gasteiger partial charge in [-0.3, -0.25) is 0 Å². The zero-order valence-electron chi connectivity index (χ0n) is 9.76. The van der Waals surface area contributed by atoms with E-state index in [1.807, 2.05) is 6.92 Å². The molecule has 2 heteroatoms. The maximum Gasteiger partial charge on any atom is 0.0619 e. The van der Waals surface area contributed by atoms with Crippen LogP contribution >= 0.6 is 0 Å². The molecule has 0 radical (unpaired) electrons. The molecule has 0 saturated heterocycles. The first-order valence-corrected chi connectivity index (χ1v) is 5.40. The van der Waals surface area contributed by atoms with Crippen molar-refractivity contribution in [3.63, 3.8) is 0 Å². The first-order valence-electron chi connectivity index (χ1n) is 5.40. The van der Waals surface area contributed by atoms with E-state index in [9.17, 15) is 0 Å². The summed E-state index contributed by atoms with van der Waals surface area (Å²) < 4.78 is 5.43. The summed E-state index contributed by atoms with van der Waals surface area (Å²) in [5.41, 5.74) is 0. The average molecular weight is 187 g/mol. The molecule has 0 aliphatic heterocycles. The normalized spacial score (nSPS) is 14.1. The van der Waals surface area contributed by atoms with Crippen molar-refractivity contribution in [1.29, 1.82) is 0 Å². The summed E-state index contributed by atoms with van der Waals surface area (Å²) in [5.74, 6) is 0.733. The Labute approximate surface area is 83.1 Å². The van der Waals surface area contributed by atoms with Crippen LogP contribution in [-0.4, -0.2) is 25.3 Å². The van der Waals surface area contributed by atoms with Crippen LogP contribution in [0, 0.1) is 5.92 Å². The lowest BCUT2D eigenvalue weighted by Gasteiger charge is -2.22. The highest BCUT2D eigenvalue weighted by molar-refractivity contribution is 4.70. The molecule has 0 rings (SSSR count). The van der Waals surface area contributed by atoms with Gasteiger partial charge in [0, 0.05) is 18.7 Å². The lowest BCUT2D eigenvalue weighted by atomic mass is 10.0. The summed E-state index contributed by atoms with van der Waals surface area (Å²) in [7, 11) is 0. The molecule has 0 bridgehead atoms. The van der Waals surface area contributed by atoms with Crippen LogP contribution < -0.4 is 5.32 Å². The molecule has 2 nitrogen and oxygen atoms in total. The fourth-order valence-electron chi connectivity index (χ4n) is 1.48. The zero-order chi connectivity index (χ0) is 10.3. The maximum atomic E-state index is 5.43. The van der Waals surface area contributed by atoms with Gasteiger partial charge in [-0.2, -0.15) is 0 Å². The summed E-state index contributed by atoms with van der Waals surface area (Å²) >= 11 is 0. The molecule has 0 aliphatic rings. The minimum absolute atomic E-state index is 0.514. The predicted octanol–water partition coefficient (Wildman–Crippen LogP) is 2.44.